The van der Waals surface area contributed by atoms with E-state index in [0.29, 0.717) is 19.5 Å². The van der Waals surface area contributed by atoms with Crippen LogP contribution in [-0.2, 0) is 9.59 Å². The molecule has 1 unspecified atom stereocenters. The zero-order valence-electron chi connectivity index (χ0n) is 13.0. The van der Waals surface area contributed by atoms with E-state index in [1.54, 1.807) is 4.90 Å². The normalized spacial score (nSPS) is 23.9. The fourth-order valence-corrected chi connectivity index (χ4v) is 3.10. The van der Waals surface area contributed by atoms with Crippen LogP contribution in [0.1, 0.15) is 45.4 Å². The Balaban J connectivity index is 1.83. The van der Waals surface area contributed by atoms with Crippen molar-refractivity contribution < 1.29 is 19.5 Å². The molecule has 2 fully saturated rings. The van der Waals surface area contributed by atoms with Crippen LogP contribution in [0.15, 0.2) is 0 Å². The van der Waals surface area contributed by atoms with Gasteiger partial charge >= 0.3 is 12.0 Å². The van der Waals surface area contributed by atoms with Crippen LogP contribution in [0.4, 0.5) is 4.79 Å². The van der Waals surface area contributed by atoms with Crippen molar-refractivity contribution in [2.24, 2.45) is 5.92 Å². The molecule has 0 aromatic heterocycles. The molecule has 1 saturated carbocycles. The van der Waals surface area contributed by atoms with Gasteiger partial charge in [0.05, 0.1) is 5.92 Å². The maximum absolute atomic E-state index is 12.2. The minimum absolute atomic E-state index is 0.101. The van der Waals surface area contributed by atoms with Crippen LogP contribution in [0.2, 0.25) is 0 Å². The molecule has 1 aliphatic carbocycles. The van der Waals surface area contributed by atoms with Crippen LogP contribution < -0.4 is 10.6 Å². The summed E-state index contributed by atoms with van der Waals surface area (Å²) in [6.45, 7) is 2.45. The van der Waals surface area contributed by atoms with Crippen molar-refractivity contribution in [3.63, 3.8) is 0 Å². The van der Waals surface area contributed by atoms with Crippen molar-refractivity contribution >= 4 is 17.9 Å². The molecule has 7 nitrogen and oxygen atoms in total. The number of urea groups is 1. The molecular formula is C15H25N3O4. The summed E-state index contributed by atoms with van der Waals surface area (Å²) in [5.74, 6) is -1.67. The highest BCUT2D eigenvalue weighted by molar-refractivity contribution is 5.85. The van der Waals surface area contributed by atoms with Gasteiger partial charge in [-0.2, -0.15) is 0 Å². The molecule has 7 heteroatoms. The topological polar surface area (TPSA) is 98.7 Å². The lowest BCUT2D eigenvalue weighted by Gasteiger charge is -2.33. The van der Waals surface area contributed by atoms with E-state index in [1.165, 1.54) is 6.92 Å². The van der Waals surface area contributed by atoms with Crippen molar-refractivity contribution in [2.45, 2.75) is 57.5 Å². The number of nitrogens with zero attached hydrogens (tertiary/aromatic N) is 1. The number of hydrogen-bond acceptors (Lipinski definition) is 3. The Labute approximate surface area is 130 Å². The molecular weight excluding hydrogens is 286 g/mol. The van der Waals surface area contributed by atoms with E-state index in [4.69, 9.17) is 5.11 Å². The summed E-state index contributed by atoms with van der Waals surface area (Å²) in [6, 6.07) is -0.750. The molecule has 0 aromatic rings. The Hall–Kier alpha value is -1.79. The summed E-state index contributed by atoms with van der Waals surface area (Å²) in [7, 11) is 0. The number of rotatable bonds is 4. The van der Waals surface area contributed by atoms with Gasteiger partial charge in [0.2, 0.25) is 5.91 Å². The van der Waals surface area contributed by atoms with Gasteiger partial charge in [0.15, 0.2) is 0 Å². The average molecular weight is 311 g/mol. The molecule has 3 N–H and O–H groups in total. The molecule has 124 valence electrons. The first-order valence-corrected chi connectivity index (χ1v) is 8.06. The quantitative estimate of drug-likeness (QED) is 0.719. The molecule has 0 radical (unpaired) electrons. The van der Waals surface area contributed by atoms with Crippen LogP contribution >= 0.6 is 0 Å². The fraction of sp³-hybridized carbons (Fsp3) is 0.800. The minimum Gasteiger partial charge on any atom is -0.480 e. The summed E-state index contributed by atoms with van der Waals surface area (Å²) >= 11 is 0. The third-order valence-corrected chi connectivity index (χ3v) is 4.49. The Bertz CT molecular complexity index is 435. The van der Waals surface area contributed by atoms with E-state index in [1.807, 2.05) is 0 Å². The van der Waals surface area contributed by atoms with Gasteiger partial charge in [-0.05, 0) is 32.6 Å². The number of carbonyl (C=O) groups is 3. The van der Waals surface area contributed by atoms with Crippen molar-refractivity contribution in [2.75, 3.05) is 13.1 Å². The van der Waals surface area contributed by atoms with Crippen LogP contribution in [0, 0.1) is 5.92 Å². The molecule has 0 spiro atoms. The lowest BCUT2D eigenvalue weighted by Crippen LogP contribution is -2.52. The zero-order valence-corrected chi connectivity index (χ0v) is 13.0. The number of amides is 3. The van der Waals surface area contributed by atoms with Crippen LogP contribution in [-0.4, -0.2) is 53.1 Å². The van der Waals surface area contributed by atoms with Crippen molar-refractivity contribution in [1.29, 1.82) is 0 Å². The predicted octanol–water partition coefficient (Wildman–Crippen LogP) is 0.940. The monoisotopic (exact) mass is 311 g/mol. The number of carbonyl (C=O) groups excluding carboxylic acids is 2. The molecule has 1 saturated heterocycles. The summed E-state index contributed by atoms with van der Waals surface area (Å²) < 4.78 is 0. The van der Waals surface area contributed by atoms with Gasteiger partial charge in [-0.25, -0.2) is 4.79 Å². The second-order valence-electron chi connectivity index (χ2n) is 6.28. The second kappa shape index (κ2) is 7.47. The Morgan fingerprint density at radius 3 is 2.45 bits per heavy atom. The summed E-state index contributed by atoms with van der Waals surface area (Å²) in [6.07, 6.45) is 5.81. The maximum Gasteiger partial charge on any atom is 0.325 e. The first kappa shape index (κ1) is 16.6. The Morgan fingerprint density at radius 2 is 1.82 bits per heavy atom. The summed E-state index contributed by atoms with van der Waals surface area (Å²) in [4.78, 5) is 36.8. The van der Waals surface area contributed by atoms with E-state index in [2.05, 4.69) is 10.6 Å². The molecule has 2 atom stereocenters. The van der Waals surface area contributed by atoms with Gasteiger partial charge in [0, 0.05) is 19.1 Å². The Kier molecular flexibility index (Phi) is 5.63. The lowest BCUT2D eigenvalue weighted by molar-refractivity contribution is -0.142. The first-order chi connectivity index (χ1) is 10.5. The first-order valence-electron chi connectivity index (χ1n) is 8.06. The van der Waals surface area contributed by atoms with Gasteiger partial charge < -0.3 is 20.6 Å². The number of aliphatic carboxylic acids is 1. The highest BCUT2D eigenvalue weighted by Crippen LogP contribution is 2.20. The van der Waals surface area contributed by atoms with Gasteiger partial charge in [0.1, 0.15) is 6.04 Å². The molecule has 3 amide bonds. The van der Waals surface area contributed by atoms with Crippen molar-refractivity contribution in [3.8, 4) is 0 Å². The average Bonchev–Trinajstić information content (AvgIpc) is 3.00. The van der Waals surface area contributed by atoms with E-state index in [-0.39, 0.29) is 23.9 Å². The SMILES string of the molecule is C[C@@H](NC(=O)C1CCCN(C(=O)NC2CCCC2)C1)C(=O)O. The number of piperidine rings is 1. The van der Waals surface area contributed by atoms with Crippen molar-refractivity contribution in [1.82, 2.24) is 15.5 Å². The zero-order chi connectivity index (χ0) is 16.1. The van der Waals surface area contributed by atoms with E-state index < -0.39 is 12.0 Å². The van der Waals surface area contributed by atoms with Gasteiger partial charge in [-0.1, -0.05) is 12.8 Å². The summed E-state index contributed by atoms with van der Waals surface area (Å²) in [5.41, 5.74) is 0. The van der Waals surface area contributed by atoms with Crippen LogP contribution in [0.25, 0.3) is 0 Å². The van der Waals surface area contributed by atoms with Gasteiger partial charge in [-0.15, -0.1) is 0 Å². The highest BCUT2D eigenvalue weighted by atomic mass is 16.4. The minimum atomic E-state index is -1.06. The van der Waals surface area contributed by atoms with E-state index in [0.717, 1.165) is 32.1 Å². The van der Waals surface area contributed by atoms with Crippen molar-refractivity contribution in [3.05, 3.63) is 0 Å². The smallest absolute Gasteiger partial charge is 0.325 e. The molecule has 1 heterocycles. The van der Waals surface area contributed by atoms with Crippen LogP contribution in [0.3, 0.4) is 0 Å². The number of likely N-dealkylation sites (tertiary alicyclic amines) is 1. The largest absolute Gasteiger partial charge is 0.480 e. The summed E-state index contributed by atoms with van der Waals surface area (Å²) in [5, 5.41) is 14.4. The molecule has 1 aliphatic heterocycles. The fourth-order valence-electron chi connectivity index (χ4n) is 3.10. The molecule has 2 aliphatic rings. The number of nitrogens with one attached hydrogen (secondary N) is 2. The third kappa shape index (κ3) is 4.35. The van der Waals surface area contributed by atoms with E-state index in [9.17, 15) is 14.4 Å². The predicted molar refractivity (Wildman–Crippen MR) is 80.3 cm³/mol. The molecule has 0 bridgehead atoms. The molecule has 22 heavy (non-hydrogen) atoms. The van der Waals surface area contributed by atoms with Gasteiger partial charge in [0.25, 0.3) is 0 Å². The number of carboxylic acid groups (broad SMARTS) is 1. The Morgan fingerprint density at radius 1 is 1.14 bits per heavy atom. The third-order valence-electron chi connectivity index (χ3n) is 4.49. The molecule has 0 aromatic carbocycles. The van der Waals surface area contributed by atoms with Gasteiger partial charge in [-0.3, -0.25) is 9.59 Å². The standard InChI is InChI=1S/C15H25N3O4/c1-10(14(20)21)16-13(19)11-5-4-8-18(9-11)15(22)17-12-6-2-3-7-12/h10-12H,2-9H2,1H3,(H,16,19)(H,17,22)(H,20,21)/t10-,11?/m1/s1. The van der Waals surface area contributed by atoms with Crippen LogP contribution in [0.5, 0.6) is 0 Å². The highest BCUT2D eigenvalue weighted by Gasteiger charge is 2.30. The lowest BCUT2D eigenvalue weighted by atomic mass is 9.97. The van der Waals surface area contributed by atoms with E-state index >= 15 is 0 Å². The number of carboxylic acids is 1. The second-order valence-corrected chi connectivity index (χ2v) is 6.28. The maximum atomic E-state index is 12.2. The molecule has 2 rings (SSSR count). The number of hydrogen-bond donors (Lipinski definition) is 3.